The summed E-state index contributed by atoms with van der Waals surface area (Å²) < 4.78 is 0. The van der Waals surface area contributed by atoms with E-state index in [0.29, 0.717) is 25.2 Å². The van der Waals surface area contributed by atoms with E-state index in [9.17, 15) is 9.59 Å². The summed E-state index contributed by atoms with van der Waals surface area (Å²) in [7, 11) is 1.74. The summed E-state index contributed by atoms with van der Waals surface area (Å²) in [6.45, 7) is 1.68. The largest absolute Gasteiger partial charge is 0.478 e. The third-order valence-corrected chi connectivity index (χ3v) is 2.91. The van der Waals surface area contributed by atoms with Crippen molar-refractivity contribution >= 4 is 12.0 Å². The molecule has 2 amide bonds. The molecule has 2 rings (SSSR count). The van der Waals surface area contributed by atoms with Gasteiger partial charge in [0.15, 0.2) is 0 Å². The second-order valence-corrected chi connectivity index (χ2v) is 4.09. The van der Waals surface area contributed by atoms with Crippen LogP contribution >= 0.6 is 0 Å². The quantitative estimate of drug-likeness (QED) is 0.856. The molecule has 17 heavy (non-hydrogen) atoms. The molecule has 1 N–H and O–H groups in total. The van der Waals surface area contributed by atoms with E-state index in [4.69, 9.17) is 5.11 Å². The Bertz CT molecular complexity index is 459. The van der Waals surface area contributed by atoms with Crippen molar-refractivity contribution < 1.29 is 14.7 Å². The molecule has 1 aromatic rings. The van der Waals surface area contributed by atoms with Gasteiger partial charge in [0.2, 0.25) is 0 Å². The van der Waals surface area contributed by atoms with Crippen molar-refractivity contribution in [3.8, 4) is 0 Å². The number of urea groups is 1. The predicted octanol–water partition coefficient (Wildman–Crippen LogP) is 1.25. The Kier molecular flexibility index (Phi) is 2.99. The zero-order valence-electron chi connectivity index (χ0n) is 9.59. The van der Waals surface area contributed by atoms with Crippen LogP contribution in [0.1, 0.15) is 15.9 Å². The SMILES string of the molecule is CN1CCN(Cc2ccccc2C(=O)O)C1=O. The number of carboxylic acids is 1. The van der Waals surface area contributed by atoms with Gasteiger partial charge in [0.1, 0.15) is 0 Å². The highest BCUT2D eigenvalue weighted by Gasteiger charge is 2.26. The highest BCUT2D eigenvalue weighted by Crippen LogP contribution is 2.15. The summed E-state index contributed by atoms with van der Waals surface area (Å²) in [5.41, 5.74) is 0.929. The summed E-state index contributed by atoms with van der Waals surface area (Å²) in [5.74, 6) is -0.958. The molecule has 5 heteroatoms. The van der Waals surface area contributed by atoms with Gasteiger partial charge < -0.3 is 14.9 Å². The first-order valence-corrected chi connectivity index (χ1v) is 5.41. The van der Waals surface area contributed by atoms with E-state index in [1.54, 1.807) is 41.1 Å². The lowest BCUT2D eigenvalue weighted by Crippen LogP contribution is -2.29. The summed E-state index contributed by atoms with van der Waals surface area (Å²) in [6.07, 6.45) is 0. The molecule has 0 unspecified atom stereocenters. The second kappa shape index (κ2) is 4.45. The van der Waals surface area contributed by atoms with Gasteiger partial charge in [-0.1, -0.05) is 18.2 Å². The lowest BCUT2D eigenvalue weighted by Gasteiger charge is -2.17. The summed E-state index contributed by atoms with van der Waals surface area (Å²) in [4.78, 5) is 26.0. The smallest absolute Gasteiger partial charge is 0.336 e. The summed E-state index contributed by atoms with van der Waals surface area (Å²) >= 11 is 0. The van der Waals surface area contributed by atoms with Crippen LogP contribution < -0.4 is 0 Å². The summed E-state index contributed by atoms with van der Waals surface area (Å²) in [6, 6.07) is 6.72. The Balaban J connectivity index is 2.19. The molecule has 0 aromatic heterocycles. The van der Waals surface area contributed by atoms with Gasteiger partial charge in [0, 0.05) is 26.7 Å². The minimum Gasteiger partial charge on any atom is -0.478 e. The lowest BCUT2D eigenvalue weighted by atomic mass is 10.1. The number of hydrogen-bond donors (Lipinski definition) is 1. The van der Waals surface area contributed by atoms with Gasteiger partial charge in [-0.15, -0.1) is 0 Å². The Hall–Kier alpha value is -2.04. The van der Waals surface area contributed by atoms with E-state index in [1.807, 2.05) is 0 Å². The molecule has 1 heterocycles. The molecule has 0 saturated carbocycles. The predicted molar refractivity (Wildman–Crippen MR) is 61.8 cm³/mol. The number of rotatable bonds is 3. The van der Waals surface area contributed by atoms with E-state index >= 15 is 0 Å². The molecule has 90 valence electrons. The molecule has 0 radical (unpaired) electrons. The fourth-order valence-electron chi connectivity index (χ4n) is 1.92. The average molecular weight is 234 g/mol. The Morgan fingerprint density at radius 2 is 2.06 bits per heavy atom. The van der Waals surface area contributed by atoms with Crippen molar-refractivity contribution in [2.24, 2.45) is 0 Å². The van der Waals surface area contributed by atoms with Gasteiger partial charge in [-0.3, -0.25) is 0 Å². The Labute approximate surface area is 99.3 Å². The van der Waals surface area contributed by atoms with Crippen LogP contribution in [0, 0.1) is 0 Å². The van der Waals surface area contributed by atoms with Gasteiger partial charge >= 0.3 is 12.0 Å². The maximum absolute atomic E-state index is 11.7. The van der Waals surface area contributed by atoms with Gasteiger partial charge in [-0.05, 0) is 11.6 Å². The third kappa shape index (κ3) is 2.22. The van der Waals surface area contributed by atoms with E-state index in [1.165, 1.54) is 0 Å². The molecular weight excluding hydrogens is 220 g/mol. The number of benzene rings is 1. The molecule has 1 fully saturated rings. The first kappa shape index (κ1) is 11.4. The Morgan fingerprint density at radius 1 is 1.35 bits per heavy atom. The monoisotopic (exact) mass is 234 g/mol. The first-order chi connectivity index (χ1) is 8.09. The van der Waals surface area contributed by atoms with Crippen molar-refractivity contribution in [1.29, 1.82) is 0 Å². The number of aromatic carboxylic acids is 1. The molecular formula is C12H14N2O3. The van der Waals surface area contributed by atoms with Crippen LogP contribution in [-0.2, 0) is 6.54 Å². The highest BCUT2D eigenvalue weighted by molar-refractivity contribution is 5.89. The van der Waals surface area contributed by atoms with Crippen LogP contribution in [0.5, 0.6) is 0 Å². The summed E-state index contributed by atoms with van der Waals surface area (Å²) in [5, 5.41) is 9.04. The Morgan fingerprint density at radius 3 is 2.65 bits per heavy atom. The molecule has 5 nitrogen and oxygen atoms in total. The normalized spacial score (nSPS) is 15.5. The van der Waals surface area contributed by atoms with Crippen LogP contribution in [0.3, 0.4) is 0 Å². The van der Waals surface area contributed by atoms with Crippen LogP contribution in [-0.4, -0.2) is 47.0 Å². The number of hydrogen-bond acceptors (Lipinski definition) is 2. The maximum atomic E-state index is 11.7. The molecule has 0 bridgehead atoms. The first-order valence-electron chi connectivity index (χ1n) is 5.41. The molecule has 1 saturated heterocycles. The average Bonchev–Trinajstić information content (AvgIpc) is 2.61. The molecule has 1 aliphatic heterocycles. The fourth-order valence-corrected chi connectivity index (χ4v) is 1.92. The van der Waals surface area contributed by atoms with Crippen molar-refractivity contribution in [2.45, 2.75) is 6.54 Å². The number of amides is 2. The van der Waals surface area contributed by atoms with Crippen molar-refractivity contribution in [3.63, 3.8) is 0 Å². The number of carbonyl (C=O) groups is 2. The highest BCUT2D eigenvalue weighted by atomic mass is 16.4. The van der Waals surface area contributed by atoms with Crippen molar-refractivity contribution in [1.82, 2.24) is 9.80 Å². The topological polar surface area (TPSA) is 60.9 Å². The fraction of sp³-hybridized carbons (Fsp3) is 0.333. The van der Waals surface area contributed by atoms with Gasteiger partial charge in [-0.25, -0.2) is 9.59 Å². The van der Waals surface area contributed by atoms with Gasteiger partial charge in [0.05, 0.1) is 5.56 Å². The lowest BCUT2D eigenvalue weighted by molar-refractivity contribution is 0.0694. The van der Waals surface area contributed by atoms with Crippen LogP contribution in [0.15, 0.2) is 24.3 Å². The number of carboxylic acid groups (broad SMARTS) is 1. The minimum atomic E-state index is -0.958. The standard InChI is InChI=1S/C12H14N2O3/c1-13-6-7-14(12(13)17)8-9-4-2-3-5-10(9)11(15)16/h2-5H,6-8H2,1H3,(H,15,16). The third-order valence-electron chi connectivity index (χ3n) is 2.91. The van der Waals surface area contributed by atoms with E-state index in [0.717, 1.165) is 0 Å². The number of carbonyl (C=O) groups excluding carboxylic acids is 1. The van der Waals surface area contributed by atoms with Crippen molar-refractivity contribution in [2.75, 3.05) is 20.1 Å². The van der Waals surface area contributed by atoms with E-state index in [2.05, 4.69) is 0 Å². The number of nitrogens with zero attached hydrogens (tertiary/aromatic N) is 2. The minimum absolute atomic E-state index is 0.0507. The van der Waals surface area contributed by atoms with Gasteiger partial charge in [0.25, 0.3) is 0 Å². The number of likely N-dealkylation sites (N-methyl/N-ethyl adjacent to an activating group) is 1. The van der Waals surface area contributed by atoms with Gasteiger partial charge in [-0.2, -0.15) is 0 Å². The van der Waals surface area contributed by atoms with E-state index < -0.39 is 5.97 Å². The van der Waals surface area contributed by atoms with E-state index in [-0.39, 0.29) is 11.6 Å². The van der Waals surface area contributed by atoms with Crippen LogP contribution in [0.2, 0.25) is 0 Å². The van der Waals surface area contributed by atoms with Crippen LogP contribution in [0.4, 0.5) is 4.79 Å². The molecule has 0 aliphatic carbocycles. The van der Waals surface area contributed by atoms with Crippen LogP contribution in [0.25, 0.3) is 0 Å². The molecule has 0 spiro atoms. The maximum Gasteiger partial charge on any atom is 0.336 e. The zero-order valence-corrected chi connectivity index (χ0v) is 9.59. The molecule has 0 atom stereocenters. The zero-order chi connectivity index (χ0) is 12.4. The second-order valence-electron chi connectivity index (χ2n) is 4.09. The van der Waals surface area contributed by atoms with Crippen molar-refractivity contribution in [3.05, 3.63) is 35.4 Å². The molecule has 1 aromatic carbocycles. The molecule has 1 aliphatic rings.